The van der Waals surface area contributed by atoms with Crippen molar-refractivity contribution in [2.45, 2.75) is 44.7 Å². The van der Waals surface area contributed by atoms with Crippen LogP contribution < -0.4 is 15.5 Å². The van der Waals surface area contributed by atoms with Crippen LogP contribution in [0.5, 0.6) is 0 Å². The summed E-state index contributed by atoms with van der Waals surface area (Å²) in [4.78, 5) is 14.6. The zero-order valence-corrected chi connectivity index (χ0v) is 15.7. The number of hydrogen-bond donors (Lipinski definition) is 2. The Balaban J connectivity index is 1.21. The maximum absolute atomic E-state index is 12.3. The first kappa shape index (κ1) is 18.0. The van der Waals surface area contributed by atoms with Crippen molar-refractivity contribution in [3.8, 4) is 0 Å². The molecule has 1 saturated heterocycles. The molecule has 0 aliphatic carbocycles. The number of para-hydroxylation sites is 1. The summed E-state index contributed by atoms with van der Waals surface area (Å²) in [7, 11) is 0. The van der Waals surface area contributed by atoms with Gasteiger partial charge in [0.05, 0.1) is 6.20 Å². The van der Waals surface area contributed by atoms with Crippen molar-refractivity contribution in [1.29, 1.82) is 0 Å². The topological polar surface area (TPSA) is 75.1 Å². The molecule has 27 heavy (non-hydrogen) atoms. The van der Waals surface area contributed by atoms with Gasteiger partial charge in [0.25, 0.3) is 5.91 Å². The SMILES string of the molecule is O=C(NCCN1CCc2ccccc21)c1cn(CCC2CCCCN2)nn1. The van der Waals surface area contributed by atoms with E-state index in [9.17, 15) is 4.79 Å². The van der Waals surface area contributed by atoms with E-state index in [2.05, 4.69) is 50.1 Å². The second kappa shape index (κ2) is 8.52. The van der Waals surface area contributed by atoms with Crippen molar-refractivity contribution in [3.05, 3.63) is 41.7 Å². The molecule has 1 aromatic heterocycles. The Hall–Kier alpha value is -2.41. The van der Waals surface area contributed by atoms with Crippen LogP contribution in [0.25, 0.3) is 0 Å². The first-order chi connectivity index (χ1) is 13.3. The number of anilines is 1. The Morgan fingerprint density at radius 1 is 1.26 bits per heavy atom. The molecule has 0 bridgehead atoms. The molecule has 1 amide bonds. The Bertz CT molecular complexity index is 767. The Labute approximate surface area is 160 Å². The van der Waals surface area contributed by atoms with E-state index >= 15 is 0 Å². The van der Waals surface area contributed by atoms with Gasteiger partial charge in [-0.25, -0.2) is 0 Å². The van der Waals surface area contributed by atoms with Crippen LogP contribution in [0.3, 0.4) is 0 Å². The molecular formula is C20H28N6O. The summed E-state index contributed by atoms with van der Waals surface area (Å²) < 4.78 is 1.78. The van der Waals surface area contributed by atoms with E-state index in [-0.39, 0.29) is 5.91 Å². The summed E-state index contributed by atoms with van der Waals surface area (Å²) in [6, 6.07) is 9.03. The fourth-order valence-corrected chi connectivity index (χ4v) is 4.00. The van der Waals surface area contributed by atoms with Gasteiger partial charge in [-0.05, 0) is 43.9 Å². The van der Waals surface area contributed by atoms with Crippen molar-refractivity contribution in [3.63, 3.8) is 0 Å². The molecular weight excluding hydrogens is 340 g/mol. The molecule has 4 rings (SSSR count). The third-order valence-electron chi connectivity index (χ3n) is 5.54. The molecule has 7 heteroatoms. The van der Waals surface area contributed by atoms with Crippen molar-refractivity contribution in [2.75, 3.05) is 31.1 Å². The molecule has 1 atom stereocenters. The lowest BCUT2D eigenvalue weighted by Gasteiger charge is -2.23. The number of benzene rings is 1. The summed E-state index contributed by atoms with van der Waals surface area (Å²) in [6.07, 6.45) is 7.65. The second-order valence-electron chi connectivity index (χ2n) is 7.42. The highest BCUT2D eigenvalue weighted by atomic mass is 16.2. The quantitative estimate of drug-likeness (QED) is 0.777. The number of carbonyl (C=O) groups is 1. The number of rotatable bonds is 7. The smallest absolute Gasteiger partial charge is 0.273 e. The van der Waals surface area contributed by atoms with E-state index in [0.717, 1.165) is 39.0 Å². The summed E-state index contributed by atoms with van der Waals surface area (Å²) in [5, 5.41) is 14.6. The lowest BCUT2D eigenvalue weighted by Crippen LogP contribution is -2.34. The molecule has 1 fully saturated rings. The van der Waals surface area contributed by atoms with Crippen LogP contribution in [0, 0.1) is 0 Å². The van der Waals surface area contributed by atoms with E-state index in [1.807, 2.05) is 0 Å². The number of aryl methyl sites for hydroxylation is 1. The van der Waals surface area contributed by atoms with Crippen LogP contribution in [0.4, 0.5) is 5.69 Å². The Kier molecular flexibility index (Phi) is 5.67. The number of hydrogen-bond acceptors (Lipinski definition) is 5. The summed E-state index contributed by atoms with van der Waals surface area (Å²) in [6.45, 7) is 4.33. The monoisotopic (exact) mass is 368 g/mol. The van der Waals surface area contributed by atoms with Gasteiger partial charge < -0.3 is 15.5 Å². The molecule has 2 aliphatic rings. The van der Waals surface area contributed by atoms with Crippen molar-refractivity contribution < 1.29 is 4.79 Å². The second-order valence-corrected chi connectivity index (χ2v) is 7.42. The number of nitrogens with one attached hydrogen (secondary N) is 2. The third kappa shape index (κ3) is 4.47. The fourth-order valence-electron chi connectivity index (χ4n) is 4.00. The van der Waals surface area contributed by atoms with Gasteiger partial charge in [-0.3, -0.25) is 9.48 Å². The van der Waals surface area contributed by atoms with Crippen LogP contribution in [-0.2, 0) is 13.0 Å². The van der Waals surface area contributed by atoms with Crippen molar-refractivity contribution >= 4 is 11.6 Å². The lowest BCUT2D eigenvalue weighted by atomic mass is 10.0. The van der Waals surface area contributed by atoms with Gasteiger partial charge in [0.2, 0.25) is 0 Å². The van der Waals surface area contributed by atoms with E-state index in [1.54, 1.807) is 10.9 Å². The summed E-state index contributed by atoms with van der Waals surface area (Å²) in [5.41, 5.74) is 3.07. The van der Waals surface area contributed by atoms with Crippen molar-refractivity contribution in [2.24, 2.45) is 0 Å². The third-order valence-corrected chi connectivity index (χ3v) is 5.54. The molecule has 0 saturated carbocycles. The predicted octanol–water partition coefficient (Wildman–Crippen LogP) is 1.60. The van der Waals surface area contributed by atoms with Crippen LogP contribution in [0.2, 0.25) is 0 Å². The van der Waals surface area contributed by atoms with E-state index in [1.165, 1.54) is 30.5 Å². The van der Waals surface area contributed by atoms with Gasteiger partial charge in [0.15, 0.2) is 5.69 Å². The largest absolute Gasteiger partial charge is 0.369 e. The summed E-state index contributed by atoms with van der Waals surface area (Å²) in [5.74, 6) is -0.149. The lowest BCUT2D eigenvalue weighted by molar-refractivity contribution is 0.0949. The molecule has 2 aromatic rings. The van der Waals surface area contributed by atoms with E-state index < -0.39 is 0 Å². The number of nitrogens with zero attached hydrogens (tertiary/aromatic N) is 4. The number of fused-ring (bicyclic) bond motifs is 1. The minimum absolute atomic E-state index is 0.149. The van der Waals surface area contributed by atoms with Crippen LogP contribution >= 0.6 is 0 Å². The zero-order chi connectivity index (χ0) is 18.5. The van der Waals surface area contributed by atoms with Gasteiger partial charge in [0, 0.05) is 37.9 Å². The fraction of sp³-hybridized carbons (Fsp3) is 0.550. The summed E-state index contributed by atoms with van der Waals surface area (Å²) >= 11 is 0. The highest BCUT2D eigenvalue weighted by molar-refractivity contribution is 5.91. The molecule has 1 aromatic carbocycles. The molecule has 1 unspecified atom stereocenters. The van der Waals surface area contributed by atoms with E-state index in [4.69, 9.17) is 0 Å². The Morgan fingerprint density at radius 2 is 2.19 bits per heavy atom. The van der Waals surface area contributed by atoms with Gasteiger partial charge in [-0.1, -0.05) is 29.8 Å². The predicted molar refractivity (Wildman–Crippen MR) is 105 cm³/mol. The van der Waals surface area contributed by atoms with Gasteiger partial charge >= 0.3 is 0 Å². The molecule has 2 N–H and O–H groups in total. The maximum atomic E-state index is 12.3. The normalized spacial score (nSPS) is 19.1. The maximum Gasteiger partial charge on any atom is 0.273 e. The highest BCUT2D eigenvalue weighted by Gasteiger charge is 2.18. The van der Waals surface area contributed by atoms with Gasteiger partial charge in [0.1, 0.15) is 0 Å². The van der Waals surface area contributed by atoms with Crippen LogP contribution in [0.15, 0.2) is 30.5 Å². The average molecular weight is 368 g/mol. The first-order valence-electron chi connectivity index (χ1n) is 10.0. The van der Waals surface area contributed by atoms with Crippen molar-refractivity contribution in [1.82, 2.24) is 25.6 Å². The van der Waals surface area contributed by atoms with Crippen LogP contribution in [0.1, 0.15) is 41.7 Å². The molecule has 0 radical (unpaired) electrons. The number of aromatic nitrogens is 3. The number of amides is 1. The zero-order valence-electron chi connectivity index (χ0n) is 15.7. The molecule has 3 heterocycles. The first-order valence-corrected chi connectivity index (χ1v) is 10.0. The van der Waals surface area contributed by atoms with Gasteiger partial charge in [-0.2, -0.15) is 0 Å². The van der Waals surface area contributed by atoms with Gasteiger partial charge in [-0.15, -0.1) is 5.10 Å². The average Bonchev–Trinajstić information content (AvgIpc) is 3.35. The van der Waals surface area contributed by atoms with E-state index in [0.29, 0.717) is 18.3 Å². The number of piperidine rings is 1. The minimum atomic E-state index is -0.149. The standard InChI is InChI=1S/C20H28N6O/c27-20(22-11-14-25-12-8-16-5-1-2-7-19(16)25)18-15-26(24-23-18)13-9-17-6-3-4-10-21-17/h1-2,5,7,15,17,21H,3-4,6,8-14H2,(H,22,27). The molecule has 0 spiro atoms. The molecule has 7 nitrogen and oxygen atoms in total. The minimum Gasteiger partial charge on any atom is -0.369 e. The number of carbonyl (C=O) groups excluding carboxylic acids is 1. The molecule has 2 aliphatic heterocycles. The Morgan fingerprint density at radius 3 is 3.07 bits per heavy atom. The molecule has 144 valence electrons. The van der Waals surface area contributed by atoms with Crippen LogP contribution in [-0.4, -0.2) is 53.1 Å². The highest BCUT2D eigenvalue weighted by Crippen LogP contribution is 2.26.